The van der Waals surface area contributed by atoms with E-state index in [1.807, 2.05) is 25.3 Å². The third-order valence-electron chi connectivity index (χ3n) is 3.07. The molecule has 0 atom stereocenters. The molecule has 0 saturated heterocycles. The molecule has 0 spiro atoms. The Bertz CT molecular complexity index is 494. The van der Waals surface area contributed by atoms with Gasteiger partial charge in [-0.3, -0.25) is 0 Å². The maximum atomic E-state index is 9.98. The lowest BCUT2D eigenvalue weighted by Crippen LogP contribution is -1.79. The van der Waals surface area contributed by atoms with E-state index in [0.717, 1.165) is 16.5 Å². The van der Waals surface area contributed by atoms with Gasteiger partial charge < -0.3 is 10.1 Å². The van der Waals surface area contributed by atoms with Crippen molar-refractivity contribution >= 4 is 10.9 Å². The minimum Gasteiger partial charge on any atom is -0.507 e. The summed E-state index contributed by atoms with van der Waals surface area (Å²) in [5.74, 6) is 1.13. The van der Waals surface area contributed by atoms with Crippen molar-refractivity contribution < 1.29 is 5.11 Å². The number of fused-ring (bicyclic) bond motifs is 1. The van der Waals surface area contributed by atoms with Crippen molar-refractivity contribution in [3.8, 4) is 5.75 Å². The third kappa shape index (κ3) is 0.969. The zero-order valence-corrected chi connectivity index (χ0v) is 8.17. The minimum absolute atomic E-state index is 0.450. The molecule has 1 aromatic heterocycles. The summed E-state index contributed by atoms with van der Waals surface area (Å²) < 4.78 is 0. The zero-order valence-electron chi connectivity index (χ0n) is 8.17. The van der Waals surface area contributed by atoms with Crippen LogP contribution in [0.2, 0.25) is 0 Å². The highest BCUT2D eigenvalue weighted by atomic mass is 16.3. The fourth-order valence-electron chi connectivity index (χ4n) is 2.05. The second-order valence-corrected chi connectivity index (χ2v) is 4.17. The summed E-state index contributed by atoms with van der Waals surface area (Å²) in [6, 6.07) is 3.99. The lowest BCUT2D eigenvalue weighted by molar-refractivity contribution is 0.477. The van der Waals surface area contributed by atoms with Crippen LogP contribution in [-0.2, 0) is 0 Å². The molecular weight excluding hydrogens is 174 g/mol. The fraction of sp³-hybridized carbons (Fsp3) is 0.333. The van der Waals surface area contributed by atoms with Gasteiger partial charge in [0.05, 0.1) is 0 Å². The quantitative estimate of drug-likeness (QED) is 0.707. The predicted molar refractivity (Wildman–Crippen MR) is 56.7 cm³/mol. The van der Waals surface area contributed by atoms with Gasteiger partial charge in [-0.1, -0.05) is 6.07 Å². The largest absolute Gasteiger partial charge is 0.507 e. The number of phenols is 1. The highest BCUT2D eigenvalue weighted by Gasteiger charge is 2.27. The second-order valence-electron chi connectivity index (χ2n) is 4.17. The maximum absolute atomic E-state index is 9.98. The molecule has 0 radical (unpaired) electrons. The minimum atomic E-state index is 0.450. The Balaban J connectivity index is 2.36. The van der Waals surface area contributed by atoms with Crippen molar-refractivity contribution in [2.24, 2.45) is 0 Å². The summed E-state index contributed by atoms with van der Waals surface area (Å²) in [7, 11) is 0. The molecule has 1 heterocycles. The van der Waals surface area contributed by atoms with Crippen molar-refractivity contribution in [2.75, 3.05) is 0 Å². The Morgan fingerprint density at radius 1 is 1.36 bits per heavy atom. The number of aromatic hydroxyl groups is 1. The molecule has 0 unspecified atom stereocenters. The number of benzene rings is 1. The predicted octanol–water partition coefficient (Wildman–Crippen LogP) is 3.06. The standard InChI is InChI=1S/C12H13NO/c1-7-2-5-10-11(12(7)14)9(6-13-10)8-3-4-8/h2,5-6,8,13-14H,3-4H2,1H3. The van der Waals surface area contributed by atoms with E-state index in [1.165, 1.54) is 18.4 Å². The van der Waals surface area contributed by atoms with E-state index in [-0.39, 0.29) is 0 Å². The van der Waals surface area contributed by atoms with Crippen LogP contribution in [-0.4, -0.2) is 10.1 Å². The Kier molecular flexibility index (Phi) is 1.43. The van der Waals surface area contributed by atoms with Crippen molar-refractivity contribution in [1.29, 1.82) is 0 Å². The number of H-pyrrole nitrogens is 1. The van der Waals surface area contributed by atoms with Gasteiger partial charge >= 0.3 is 0 Å². The molecule has 72 valence electrons. The van der Waals surface area contributed by atoms with Gasteiger partial charge in [0.25, 0.3) is 0 Å². The van der Waals surface area contributed by atoms with E-state index in [0.29, 0.717) is 11.7 Å². The molecule has 0 bridgehead atoms. The number of phenolic OH excluding ortho intramolecular Hbond substituents is 1. The third-order valence-corrected chi connectivity index (χ3v) is 3.07. The van der Waals surface area contributed by atoms with Gasteiger partial charge in [-0.25, -0.2) is 0 Å². The maximum Gasteiger partial charge on any atom is 0.128 e. The van der Waals surface area contributed by atoms with E-state index in [4.69, 9.17) is 0 Å². The van der Waals surface area contributed by atoms with Gasteiger partial charge in [0.15, 0.2) is 0 Å². The molecule has 1 aromatic carbocycles. The van der Waals surface area contributed by atoms with Crippen LogP contribution in [0.4, 0.5) is 0 Å². The Hall–Kier alpha value is -1.44. The van der Waals surface area contributed by atoms with Gasteiger partial charge in [-0.05, 0) is 42.9 Å². The molecule has 2 aromatic rings. The van der Waals surface area contributed by atoms with E-state index >= 15 is 0 Å². The molecule has 14 heavy (non-hydrogen) atoms. The SMILES string of the molecule is Cc1ccc2[nH]cc(C3CC3)c2c1O. The average Bonchev–Trinajstić information content (AvgIpc) is 2.93. The Labute approximate surface area is 82.6 Å². The monoisotopic (exact) mass is 187 g/mol. The van der Waals surface area contributed by atoms with Crippen LogP contribution < -0.4 is 0 Å². The molecule has 1 aliphatic rings. The van der Waals surface area contributed by atoms with Crippen LogP contribution in [0.3, 0.4) is 0 Å². The van der Waals surface area contributed by atoms with Gasteiger partial charge in [0.2, 0.25) is 0 Å². The summed E-state index contributed by atoms with van der Waals surface area (Å²) in [6.07, 6.45) is 4.57. The number of hydrogen-bond acceptors (Lipinski definition) is 1. The van der Waals surface area contributed by atoms with Crippen LogP contribution in [0.15, 0.2) is 18.3 Å². The van der Waals surface area contributed by atoms with Crippen molar-refractivity contribution in [3.63, 3.8) is 0 Å². The van der Waals surface area contributed by atoms with Crippen molar-refractivity contribution in [3.05, 3.63) is 29.5 Å². The van der Waals surface area contributed by atoms with Crippen LogP contribution in [0, 0.1) is 6.92 Å². The fourth-order valence-corrected chi connectivity index (χ4v) is 2.05. The first-order valence-electron chi connectivity index (χ1n) is 5.07. The summed E-state index contributed by atoms with van der Waals surface area (Å²) in [5, 5.41) is 11.0. The number of aromatic nitrogens is 1. The van der Waals surface area contributed by atoms with Crippen LogP contribution in [0.25, 0.3) is 10.9 Å². The molecule has 0 aliphatic heterocycles. The number of aryl methyl sites for hydroxylation is 1. The average molecular weight is 187 g/mol. The molecule has 0 amide bonds. The van der Waals surface area contributed by atoms with Crippen molar-refractivity contribution in [2.45, 2.75) is 25.7 Å². The second kappa shape index (κ2) is 2.53. The molecule has 1 aliphatic carbocycles. The van der Waals surface area contributed by atoms with Gasteiger partial charge in [-0.15, -0.1) is 0 Å². The molecule has 2 heteroatoms. The normalized spacial score (nSPS) is 16.4. The highest BCUT2D eigenvalue weighted by Crippen LogP contribution is 2.45. The first-order chi connectivity index (χ1) is 6.77. The molecule has 2 N–H and O–H groups in total. The van der Waals surface area contributed by atoms with E-state index in [1.54, 1.807) is 0 Å². The number of rotatable bonds is 1. The van der Waals surface area contributed by atoms with E-state index < -0.39 is 0 Å². The lowest BCUT2D eigenvalue weighted by Gasteiger charge is -2.02. The van der Waals surface area contributed by atoms with Gasteiger partial charge in [0, 0.05) is 17.1 Å². The summed E-state index contributed by atoms with van der Waals surface area (Å²) in [6.45, 7) is 1.94. The Morgan fingerprint density at radius 2 is 2.14 bits per heavy atom. The first kappa shape index (κ1) is 7.92. The number of hydrogen-bond donors (Lipinski definition) is 2. The van der Waals surface area contributed by atoms with Crippen LogP contribution in [0.5, 0.6) is 5.75 Å². The highest BCUT2D eigenvalue weighted by molar-refractivity contribution is 5.91. The zero-order chi connectivity index (χ0) is 9.71. The molecule has 3 rings (SSSR count). The first-order valence-corrected chi connectivity index (χ1v) is 5.07. The summed E-state index contributed by atoms with van der Waals surface area (Å²) in [5.41, 5.74) is 3.30. The smallest absolute Gasteiger partial charge is 0.128 e. The van der Waals surface area contributed by atoms with Crippen molar-refractivity contribution in [1.82, 2.24) is 4.98 Å². The number of aromatic amines is 1. The molecule has 1 fully saturated rings. The summed E-state index contributed by atoms with van der Waals surface area (Å²) in [4.78, 5) is 3.22. The molecule has 2 nitrogen and oxygen atoms in total. The summed E-state index contributed by atoms with van der Waals surface area (Å²) >= 11 is 0. The van der Waals surface area contributed by atoms with Crippen LogP contribution >= 0.6 is 0 Å². The van der Waals surface area contributed by atoms with E-state index in [9.17, 15) is 5.11 Å². The molecular formula is C12H13NO. The van der Waals surface area contributed by atoms with E-state index in [2.05, 4.69) is 4.98 Å². The Morgan fingerprint density at radius 3 is 2.86 bits per heavy atom. The van der Waals surface area contributed by atoms with Crippen LogP contribution in [0.1, 0.15) is 29.9 Å². The topological polar surface area (TPSA) is 36.0 Å². The number of nitrogens with one attached hydrogen (secondary N) is 1. The van der Waals surface area contributed by atoms with Gasteiger partial charge in [-0.2, -0.15) is 0 Å². The molecule has 1 saturated carbocycles. The van der Waals surface area contributed by atoms with Gasteiger partial charge in [0.1, 0.15) is 5.75 Å². The lowest BCUT2D eigenvalue weighted by atomic mass is 10.1.